The molecule has 122 valence electrons. The first-order valence-corrected chi connectivity index (χ1v) is 7.87. The molecule has 0 aromatic heterocycles. The Kier molecular flexibility index (Phi) is 6.68. The summed E-state index contributed by atoms with van der Waals surface area (Å²) in [5.74, 6) is 0.813. The summed E-state index contributed by atoms with van der Waals surface area (Å²) in [5, 5.41) is 0. The van der Waals surface area contributed by atoms with Gasteiger partial charge < -0.3 is 19.1 Å². The minimum atomic E-state index is 0.0563. The van der Waals surface area contributed by atoms with Crippen molar-refractivity contribution in [3.8, 4) is 5.75 Å². The van der Waals surface area contributed by atoms with E-state index in [1.165, 1.54) is 0 Å². The van der Waals surface area contributed by atoms with Crippen LogP contribution in [0, 0.1) is 0 Å². The smallest absolute Gasteiger partial charge is 0.253 e. The molecule has 1 fully saturated rings. The lowest BCUT2D eigenvalue weighted by Crippen LogP contribution is -2.43. The van der Waals surface area contributed by atoms with Gasteiger partial charge in [-0.25, -0.2) is 0 Å². The van der Waals surface area contributed by atoms with Crippen molar-refractivity contribution in [2.24, 2.45) is 0 Å². The Morgan fingerprint density at radius 1 is 1.27 bits per heavy atom. The van der Waals surface area contributed by atoms with E-state index in [0.29, 0.717) is 31.9 Å². The van der Waals surface area contributed by atoms with E-state index in [9.17, 15) is 4.79 Å². The van der Waals surface area contributed by atoms with Crippen molar-refractivity contribution in [1.29, 1.82) is 0 Å². The van der Waals surface area contributed by atoms with Crippen LogP contribution in [0.3, 0.4) is 0 Å². The number of carbonyl (C=O) groups is 1. The van der Waals surface area contributed by atoms with Crippen LogP contribution in [-0.4, -0.2) is 56.9 Å². The molecule has 1 amide bonds. The molecule has 0 bridgehead atoms. The number of nitrogens with zero attached hydrogens (tertiary/aromatic N) is 1. The zero-order valence-corrected chi connectivity index (χ0v) is 13.4. The molecule has 1 atom stereocenters. The molecule has 0 aliphatic carbocycles. The number of amides is 1. The molecule has 1 unspecified atom stereocenters. The monoisotopic (exact) mass is 307 g/mol. The Morgan fingerprint density at radius 3 is 2.73 bits per heavy atom. The lowest BCUT2D eigenvalue weighted by Gasteiger charge is -2.32. The van der Waals surface area contributed by atoms with E-state index in [2.05, 4.69) is 0 Å². The Bertz CT molecular complexity index is 460. The third-order valence-corrected chi connectivity index (χ3v) is 3.79. The molecule has 22 heavy (non-hydrogen) atoms. The van der Waals surface area contributed by atoms with Crippen LogP contribution in [0.5, 0.6) is 5.75 Å². The van der Waals surface area contributed by atoms with Gasteiger partial charge in [-0.05, 0) is 44.0 Å². The first-order chi connectivity index (χ1) is 10.7. The number of carbonyl (C=O) groups excluding carboxylic acids is 1. The number of ether oxygens (including phenoxy) is 3. The van der Waals surface area contributed by atoms with Crippen molar-refractivity contribution in [2.75, 3.05) is 40.0 Å². The number of likely N-dealkylation sites (tertiary alicyclic amines) is 1. The summed E-state index contributed by atoms with van der Waals surface area (Å²) in [5.41, 5.74) is 0.691. The van der Waals surface area contributed by atoms with Gasteiger partial charge in [0.05, 0.1) is 26.4 Å². The maximum absolute atomic E-state index is 12.5. The molecule has 2 rings (SSSR count). The van der Waals surface area contributed by atoms with Crippen LogP contribution in [-0.2, 0) is 9.47 Å². The molecule has 1 aliphatic heterocycles. The maximum atomic E-state index is 12.5. The third kappa shape index (κ3) is 4.71. The summed E-state index contributed by atoms with van der Waals surface area (Å²) < 4.78 is 16.2. The second-order valence-corrected chi connectivity index (χ2v) is 5.31. The van der Waals surface area contributed by atoms with Crippen LogP contribution in [0.2, 0.25) is 0 Å². The normalized spacial score (nSPS) is 18.3. The molecule has 0 radical (unpaired) electrons. The molecule has 1 saturated heterocycles. The molecular formula is C17H25NO4. The summed E-state index contributed by atoms with van der Waals surface area (Å²) >= 11 is 0. The highest BCUT2D eigenvalue weighted by Gasteiger charge is 2.24. The average molecular weight is 307 g/mol. The Morgan fingerprint density at radius 2 is 2.05 bits per heavy atom. The van der Waals surface area contributed by atoms with Crippen LogP contribution in [0.4, 0.5) is 0 Å². The number of hydrogen-bond donors (Lipinski definition) is 0. The van der Waals surface area contributed by atoms with Crippen molar-refractivity contribution < 1.29 is 19.0 Å². The number of benzene rings is 1. The van der Waals surface area contributed by atoms with Gasteiger partial charge in [-0.1, -0.05) is 0 Å². The molecule has 5 heteroatoms. The zero-order valence-electron chi connectivity index (χ0n) is 13.4. The largest absolute Gasteiger partial charge is 0.497 e. The van der Waals surface area contributed by atoms with E-state index in [4.69, 9.17) is 14.2 Å². The quantitative estimate of drug-likeness (QED) is 0.726. The molecule has 1 heterocycles. The Labute approximate surface area is 132 Å². The first-order valence-electron chi connectivity index (χ1n) is 7.87. The average Bonchev–Trinajstić information content (AvgIpc) is 2.58. The Balaban J connectivity index is 1.86. The van der Waals surface area contributed by atoms with E-state index >= 15 is 0 Å². The van der Waals surface area contributed by atoms with E-state index < -0.39 is 0 Å². The van der Waals surface area contributed by atoms with Crippen molar-refractivity contribution >= 4 is 5.91 Å². The van der Waals surface area contributed by atoms with Crippen molar-refractivity contribution in [3.05, 3.63) is 29.8 Å². The second kappa shape index (κ2) is 8.76. The molecule has 0 saturated carbocycles. The predicted molar refractivity (Wildman–Crippen MR) is 84.4 cm³/mol. The highest BCUT2D eigenvalue weighted by Crippen LogP contribution is 2.18. The third-order valence-electron chi connectivity index (χ3n) is 3.79. The molecule has 0 N–H and O–H groups in total. The fourth-order valence-electron chi connectivity index (χ4n) is 2.59. The number of methoxy groups -OCH3 is 1. The maximum Gasteiger partial charge on any atom is 0.253 e. The van der Waals surface area contributed by atoms with Crippen LogP contribution in [0.25, 0.3) is 0 Å². The minimum Gasteiger partial charge on any atom is -0.497 e. The fourth-order valence-corrected chi connectivity index (χ4v) is 2.59. The second-order valence-electron chi connectivity index (χ2n) is 5.31. The standard InChI is InChI=1S/C17H25NO4/c1-3-21-11-12-22-16-5-4-10-18(13-16)17(19)14-6-8-15(20-2)9-7-14/h6-9,16H,3-5,10-13H2,1-2H3. The van der Waals surface area contributed by atoms with Gasteiger partial charge in [0.15, 0.2) is 0 Å². The fraction of sp³-hybridized carbons (Fsp3) is 0.588. The van der Waals surface area contributed by atoms with Gasteiger partial charge in [-0.2, -0.15) is 0 Å². The minimum absolute atomic E-state index is 0.0563. The number of rotatable bonds is 7. The van der Waals surface area contributed by atoms with Crippen LogP contribution < -0.4 is 4.74 Å². The topological polar surface area (TPSA) is 48.0 Å². The van der Waals surface area contributed by atoms with Gasteiger partial charge in [0, 0.05) is 25.3 Å². The molecule has 1 aromatic rings. The highest BCUT2D eigenvalue weighted by molar-refractivity contribution is 5.94. The zero-order chi connectivity index (χ0) is 15.8. The number of piperidine rings is 1. The summed E-state index contributed by atoms with van der Waals surface area (Å²) in [7, 11) is 1.62. The molecule has 1 aliphatic rings. The predicted octanol–water partition coefficient (Wildman–Crippen LogP) is 2.35. The van der Waals surface area contributed by atoms with Gasteiger partial charge in [0.1, 0.15) is 5.75 Å². The van der Waals surface area contributed by atoms with Crippen LogP contribution >= 0.6 is 0 Å². The lowest BCUT2D eigenvalue weighted by atomic mass is 10.1. The molecule has 0 spiro atoms. The van der Waals surface area contributed by atoms with Crippen LogP contribution in [0.1, 0.15) is 30.1 Å². The molecule has 1 aromatic carbocycles. The van der Waals surface area contributed by atoms with Gasteiger partial charge in [-0.15, -0.1) is 0 Å². The van der Waals surface area contributed by atoms with Crippen molar-refractivity contribution in [1.82, 2.24) is 4.90 Å². The number of hydrogen-bond acceptors (Lipinski definition) is 4. The van der Waals surface area contributed by atoms with E-state index in [-0.39, 0.29) is 12.0 Å². The van der Waals surface area contributed by atoms with E-state index in [1.807, 2.05) is 24.0 Å². The first kappa shape index (κ1) is 16.8. The van der Waals surface area contributed by atoms with Gasteiger partial charge in [-0.3, -0.25) is 4.79 Å². The van der Waals surface area contributed by atoms with Crippen molar-refractivity contribution in [3.63, 3.8) is 0 Å². The SMILES string of the molecule is CCOCCOC1CCCN(C(=O)c2ccc(OC)cc2)C1. The summed E-state index contributed by atoms with van der Waals surface area (Å²) in [6.45, 7) is 5.31. The molecular weight excluding hydrogens is 282 g/mol. The van der Waals surface area contributed by atoms with Crippen molar-refractivity contribution in [2.45, 2.75) is 25.9 Å². The van der Waals surface area contributed by atoms with Crippen LogP contribution in [0.15, 0.2) is 24.3 Å². The van der Waals surface area contributed by atoms with E-state index in [1.54, 1.807) is 19.2 Å². The van der Waals surface area contributed by atoms with Gasteiger partial charge in [0.2, 0.25) is 0 Å². The summed E-state index contributed by atoms with van der Waals surface area (Å²) in [6, 6.07) is 7.24. The van der Waals surface area contributed by atoms with Gasteiger partial charge >= 0.3 is 0 Å². The molecule has 5 nitrogen and oxygen atoms in total. The summed E-state index contributed by atoms with van der Waals surface area (Å²) in [4.78, 5) is 14.4. The van der Waals surface area contributed by atoms with E-state index in [0.717, 1.165) is 25.1 Å². The highest BCUT2D eigenvalue weighted by atomic mass is 16.5. The summed E-state index contributed by atoms with van der Waals surface area (Å²) in [6.07, 6.45) is 2.08. The lowest BCUT2D eigenvalue weighted by molar-refractivity contribution is -0.0226. The van der Waals surface area contributed by atoms with Gasteiger partial charge in [0.25, 0.3) is 5.91 Å². The Hall–Kier alpha value is -1.59.